The topological polar surface area (TPSA) is 48.5 Å². The summed E-state index contributed by atoms with van der Waals surface area (Å²) in [6.07, 6.45) is 2.99. The molecule has 0 bridgehead atoms. The van der Waals surface area contributed by atoms with E-state index in [9.17, 15) is 5.11 Å². The number of benzene rings is 1. The van der Waals surface area contributed by atoms with E-state index in [0.29, 0.717) is 11.8 Å². The Morgan fingerprint density at radius 2 is 2.11 bits per heavy atom. The molecule has 1 heterocycles. The molecule has 4 nitrogen and oxygen atoms in total. The number of rotatable bonds is 5. The maximum atomic E-state index is 9.76. The van der Waals surface area contributed by atoms with E-state index in [0.717, 1.165) is 23.9 Å². The molecule has 2 rings (SSSR count). The second kappa shape index (κ2) is 5.53. The highest BCUT2D eigenvalue weighted by Gasteiger charge is 2.10. The number of aromatic hydroxyl groups is 1. The monoisotopic (exact) mass is 262 g/mol. The van der Waals surface area contributed by atoms with Crippen LogP contribution in [-0.2, 0) is 6.42 Å². The average molecular weight is 262 g/mol. The van der Waals surface area contributed by atoms with Gasteiger partial charge in [-0.3, -0.25) is 0 Å². The summed E-state index contributed by atoms with van der Waals surface area (Å²) in [4.78, 5) is 5.52. The van der Waals surface area contributed by atoms with Crippen LogP contribution in [0.5, 0.6) is 11.5 Å². The fraction of sp³-hybridized carbons (Fsp3) is 0.467. The number of phenols is 1. The van der Waals surface area contributed by atoms with Gasteiger partial charge in [0.15, 0.2) is 11.5 Å². The quantitative estimate of drug-likeness (QED) is 0.871. The van der Waals surface area contributed by atoms with Crippen LogP contribution in [0.3, 0.4) is 0 Å². The van der Waals surface area contributed by atoms with Gasteiger partial charge >= 0.3 is 0 Å². The van der Waals surface area contributed by atoms with E-state index in [2.05, 4.69) is 30.8 Å². The molecule has 0 radical (unpaired) electrons. The predicted molar refractivity (Wildman–Crippen MR) is 78.0 cm³/mol. The molecule has 0 fully saturated rings. The lowest BCUT2D eigenvalue weighted by Gasteiger charge is -2.20. The number of aromatic amines is 1. The molecule has 1 aromatic heterocycles. The van der Waals surface area contributed by atoms with Crippen LogP contribution in [0.25, 0.3) is 10.9 Å². The Morgan fingerprint density at radius 1 is 1.37 bits per heavy atom. The lowest BCUT2D eigenvalue weighted by Crippen LogP contribution is -2.28. The minimum Gasteiger partial charge on any atom is -0.504 e. The number of H-pyrrole nitrogens is 1. The number of fused-ring (bicyclic) bond motifs is 1. The molecule has 1 aromatic carbocycles. The highest BCUT2D eigenvalue weighted by Crippen LogP contribution is 2.32. The van der Waals surface area contributed by atoms with Crippen molar-refractivity contribution in [2.75, 3.05) is 20.7 Å². The molecule has 19 heavy (non-hydrogen) atoms. The van der Waals surface area contributed by atoms with E-state index < -0.39 is 0 Å². The number of ether oxygens (including phenoxy) is 1. The highest BCUT2D eigenvalue weighted by molar-refractivity contribution is 5.86. The molecule has 0 aliphatic heterocycles. The second-order valence-electron chi connectivity index (χ2n) is 5.21. The Labute approximate surface area is 114 Å². The summed E-state index contributed by atoms with van der Waals surface area (Å²) in [5.41, 5.74) is 2.20. The van der Waals surface area contributed by atoms with E-state index in [1.54, 1.807) is 13.2 Å². The van der Waals surface area contributed by atoms with Crippen LogP contribution in [-0.4, -0.2) is 41.7 Å². The van der Waals surface area contributed by atoms with Gasteiger partial charge in [0.1, 0.15) is 0 Å². The van der Waals surface area contributed by atoms with Crippen molar-refractivity contribution in [3.63, 3.8) is 0 Å². The molecule has 0 unspecified atom stereocenters. The Kier molecular flexibility index (Phi) is 4.00. The average Bonchev–Trinajstić information content (AvgIpc) is 2.76. The molecule has 0 amide bonds. The summed E-state index contributed by atoms with van der Waals surface area (Å²) in [5.74, 6) is 0.688. The Balaban J connectivity index is 2.24. The summed E-state index contributed by atoms with van der Waals surface area (Å²) in [6.45, 7) is 5.39. The van der Waals surface area contributed by atoms with Gasteiger partial charge in [-0.15, -0.1) is 0 Å². The molecule has 0 spiro atoms. The minimum absolute atomic E-state index is 0.169. The Morgan fingerprint density at radius 3 is 2.74 bits per heavy atom. The highest BCUT2D eigenvalue weighted by atomic mass is 16.5. The molecule has 4 heteroatoms. The number of hydrogen-bond acceptors (Lipinski definition) is 3. The number of phenolic OH excluding ortho intramolecular Hbond substituents is 1. The van der Waals surface area contributed by atoms with Gasteiger partial charge in [-0.05, 0) is 38.9 Å². The van der Waals surface area contributed by atoms with Crippen LogP contribution < -0.4 is 4.74 Å². The van der Waals surface area contributed by atoms with Crippen LogP contribution in [0.2, 0.25) is 0 Å². The van der Waals surface area contributed by atoms with Gasteiger partial charge in [0.2, 0.25) is 0 Å². The Hall–Kier alpha value is -1.68. The van der Waals surface area contributed by atoms with E-state index in [-0.39, 0.29) is 5.75 Å². The molecular formula is C15H22N2O2. The van der Waals surface area contributed by atoms with E-state index in [1.807, 2.05) is 12.3 Å². The largest absolute Gasteiger partial charge is 0.504 e. The molecule has 2 aromatic rings. The van der Waals surface area contributed by atoms with E-state index in [4.69, 9.17) is 4.74 Å². The number of nitrogens with one attached hydrogen (secondary N) is 1. The third kappa shape index (κ3) is 2.84. The number of nitrogens with zero attached hydrogens (tertiary/aromatic N) is 1. The SMILES string of the molecule is COc1cc2c(CCN(C)C(C)C)c[nH]c2cc1O. The molecule has 0 aliphatic carbocycles. The van der Waals surface area contributed by atoms with Crippen LogP contribution in [0, 0.1) is 0 Å². The van der Waals surface area contributed by atoms with Gasteiger partial charge in [-0.25, -0.2) is 0 Å². The number of hydrogen-bond donors (Lipinski definition) is 2. The van der Waals surface area contributed by atoms with Crippen molar-refractivity contribution >= 4 is 10.9 Å². The molecule has 2 N–H and O–H groups in total. The summed E-state index contributed by atoms with van der Waals surface area (Å²) >= 11 is 0. The van der Waals surface area contributed by atoms with Crippen molar-refractivity contribution in [1.29, 1.82) is 0 Å². The first-order chi connectivity index (χ1) is 9.02. The summed E-state index contributed by atoms with van der Waals surface area (Å²) in [5, 5.41) is 10.9. The van der Waals surface area contributed by atoms with Gasteiger partial charge < -0.3 is 19.7 Å². The van der Waals surface area contributed by atoms with Crippen LogP contribution in [0.1, 0.15) is 19.4 Å². The normalized spacial score (nSPS) is 11.7. The van der Waals surface area contributed by atoms with Gasteiger partial charge in [0.05, 0.1) is 7.11 Å². The molecule has 0 saturated heterocycles. The van der Waals surface area contributed by atoms with Gasteiger partial charge in [-0.2, -0.15) is 0 Å². The molecule has 104 valence electrons. The van der Waals surface area contributed by atoms with Crippen LogP contribution in [0.4, 0.5) is 0 Å². The predicted octanol–water partition coefficient (Wildman–Crippen LogP) is 2.76. The first kappa shape index (κ1) is 13.7. The zero-order valence-corrected chi connectivity index (χ0v) is 12.0. The van der Waals surface area contributed by atoms with Crippen molar-refractivity contribution < 1.29 is 9.84 Å². The van der Waals surface area contributed by atoms with Crippen molar-refractivity contribution in [3.8, 4) is 11.5 Å². The standard InChI is InChI=1S/C15H22N2O2/c1-10(2)17(3)6-5-11-9-16-13-8-14(18)15(19-4)7-12(11)13/h7-10,16,18H,5-6H2,1-4H3. The zero-order valence-electron chi connectivity index (χ0n) is 12.0. The van der Waals surface area contributed by atoms with Gasteiger partial charge in [0, 0.05) is 35.8 Å². The summed E-state index contributed by atoms with van der Waals surface area (Å²) in [7, 11) is 3.70. The van der Waals surface area contributed by atoms with Crippen molar-refractivity contribution in [3.05, 3.63) is 23.9 Å². The van der Waals surface area contributed by atoms with Gasteiger partial charge in [0.25, 0.3) is 0 Å². The number of methoxy groups -OCH3 is 1. The van der Waals surface area contributed by atoms with Crippen molar-refractivity contribution in [1.82, 2.24) is 9.88 Å². The van der Waals surface area contributed by atoms with Crippen LogP contribution >= 0.6 is 0 Å². The third-order valence-electron chi connectivity index (χ3n) is 3.68. The molecule has 0 aliphatic rings. The maximum absolute atomic E-state index is 9.76. The lowest BCUT2D eigenvalue weighted by atomic mass is 10.1. The molecule has 0 saturated carbocycles. The molecule has 0 atom stereocenters. The number of aromatic nitrogens is 1. The van der Waals surface area contributed by atoms with Gasteiger partial charge in [-0.1, -0.05) is 0 Å². The van der Waals surface area contributed by atoms with Crippen molar-refractivity contribution in [2.45, 2.75) is 26.3 Å². The number of likely N-dealkylation sites (N-methyl/N-ethyl adjacent to an activating group) is 1. The van der Waals surface area contributed by atoms with E-state index in [1.165, 1.54) is 5.56 Å². The second-order valence-corrected chi connectivity index (χ2v) is 5.21. The first-order valence-corrected chi connectivity index (χ1v) is 6.60. The van der Waals surface area contributed by atoms with Crippen molar-refractivity contribution in [2.24, 2.45) is 0 Å². The van der Waals surface area contributed by atoms with E-state index >= 15 is 0 Å². The Bertz CT molecular complexity index is 561. The minimum atomic E-state index is 0.169. The van der Waals surface area contributed by atoms with Crippen LogP contribution in [0.15, 0.2) is 18.3 Å². The zero-order chi connectivity index (χ0) is 14.0. The fourth-order valence-corrected chi connectivity index (χ4v) is 2.12. The smallest absolute Gasteiger partial charge is 0.161 e. The summed E-state index contributed by atoms with van der Waals surface area (Å²) < 4.78 is 5.17. The molecular weight excluding hydrogens is 240 g/mol. The summed E-state index contributed by atoms with van der Waals surface area (Å²) in [6, 6.07) is 4.15. The maximum Gasteiger partial charge on any atom is 0.161 e. The lowest BCUT2D eigenvalue weighted by molar-refractivity contribution is 0.278. The third-order valence-corrected chi connectivity index (χ3v) is 3.68. The fourth-order valence-electron chi connectivity index (χ4n) is 2.12. The first-order valence-electron chi connectivity index (χ1n) is 6.60.